The van der Waals surface area contributed by atoms with Crippen molar-refractivity contribution in [3.8, 4) is 5.75 Å². The van der Waals surface area contributed by atoms with Crippen molar-refractivity contribution in [3.05, 3.63) is 26.6 Å². The van der Waals surface area contributed by atoms with Gasteiger partial charge in [-0.15, -0.1) is 0 Å². The Morgan fingerprint density at radius 2 is 2.08 bits per heavy atom. The van der Waals surface area contributed by atoms with Crippen molar-refractivity contribution >= 4 is 31.9 Å². The van der Waals surface area contributed by atoms with Gasteiger partial charge in [0.25, 0.3) is 0 Å². The van der Waals surface area contributed by atoms with Crippen LogP contribution in [0.5, 0.6) is 5.75 Å². The Morgan fingerprint density at radius 3 is 2.58 bits per heavy atom. The van der Waals surface area contributed by atoms with Crippen LogP contribution >= 0.6 is 31.9 Å². The first kappa shape index (κ1) is 10.0. The second-order valence-electron chi connectivity index (χ2n) is 2.28. The van der Waals surface area contributed by atoms with Gasteiger partial charge in [0.1, 0.15) is 5.75 Å². The Bertz CT molecular complexity index is 289. The molecule has 1 aromatic rings. The molecule has 12 heavy (non-hydrogen) atoms. The minimum absolute atomic E-state index is 0.473. The smallest absolute Gasteiger partial charge is 0.137 e. The number of halogens is 2. The largest absolute Gasteiger partial charge is 0.495 e. The van der Waals surface area contributed by atoms with Gasteiger partial charge in [0, 0.05) is 16.6 Å². The van der Waals surface area contributed by atoms with Gasteiger partial charge in [0.05, 0.1) is 11.6 Å². The van der Waals surface area contributed by atoms with E-state index < -0.39 is 0 Å². The summed E-state index contributed by atoms with van der Waals surface area (Å²) in [6.07, 6.45) is 0. The van der Waals surface area contributed by atoms with Crippen LogP contribution < -0.4 is 10.5 Å². The Labute approximate surface area is 88.3 Å². The molecule has 0 saturated carbocycles. The number of rotatable bonds is 2. The van der Waals surface area contributed by atoms with Crippen molar-refractivity contribution < 1.29 is 4.74 Å². The second-order valence-corrected chi connectivity index (χ2v) is 4.05. The average molecular weight is 295 g/mol. The summed E-state index contributed by atoms with van der Waals surface area (Å²) >= 11 is 6.76. The predicted molar refractivity (Wildman–Crippen MR) is 56.3 cm³/mol. The summed E-state index contributed by atoms with van der Waals surface area (Å²) in [5.74, 6) is 0.806. The van der Waals surface area contributed by atoms with E-state index in [-0.39, 0.29) is 0 Å². The van der Waals surface area contributed by atoms with Gasteiger partial charge in [-0.3, -0.25) is 0 Å². The van der Waals surface area contributed by atoms with E-state index in [1.165, 1.54) is 0 Å². The molecule has 1 rings (SSSR count). The standard InChI is InChI=1S/C8H9Br2NO/c1-12-8-5(4-11)2-6(9)3-7(8)10/h2-3H,4,11H2,1H3. The maximum atomic E-state index is 5.54. The normalized spacial score (nSPS) is 10.0. The van der Waals surface area contributed by atoms with Crippen LogP contribution in [0.1, 0.15) is 5.56 Å². The number of methoxy groups -OCH3 is 1. The highest BCUT2D eigenvalue weighted by Gasteiger charge is 2.06. The summed E-state index contributed by atoms with van der Waals surface area (Å²) in [7, 11) is 1.63. The first-order valence-corrected chi connectivity index (χ1v) is 4.99. The number of hydrogen-bond donors (Lipinski definition) is 1. The molecule has 4 heteroatoms. The number of benzene rings is 1. The van der Waals surface area contributed by atoms with Crippen LogP contribution in [-0.2, 0) is 6.54 Å². The molecule has 0 saturated heterocycles. The van der Waals surface area contributed by atoms with E-state index in [0.717, 1.165) is 20.3 Å². The molecular weight excluding hydrogens is 286 g/mol. The highest BCUT2D eigenvalue weighted by atomic mass is 79.9. The quantitative estimate of drug-likeness (QED) is 0.910. The lowest BCUT2D eigenvalue weighted by Crippen LogP contribution is -2.00. The molecule has 0 amide bonds. The molecule has 1 aromatic carbocycles. The zero-order chi connectivity index (χ0) is 9.14. The van der Waals surface area contributed by atoms with Crippen LogP contribution in [-0.4, -0.2) is 7.11 Å². The van der Waals surface area contributed by atoms with Crippen LogP contribution in [0.25, 0.3) is 0 Å². The molecule has 0 bridgehead atoms. The van der Waals surface area contributed by atoms with E-state index in [1.807, 2.05) is 12.1 Å². The number of ether oxygens (including phenoxy) is 1. The summed E-state index contributed by atoms with van der Waals surface area (Å²) in [5.41, 5.74) is 6.53. The Morgan fingerprint density at radius 1 is 1.42 bits per heavy atom. The first-order chi connectivity index (χ1) is 5.69. The summed E-state index contributed by atoms with van der Waals surface area (Å²) < 4.78 is 7.09. The van der Waals surface area contributed by atoms with Gasteiger partial charge in [-0.05, 0) is 28.1 Å². The molecule has 0 heterocycles. The van der Waals surface area contributed by atoms with E-state index >= 15 is 0 Å². The maximum Gasteiger partial charge on any atom is 0.137 e. The molecular formula is C8H9Br2NO. The minimum atomic E-state index is 0.473. The lowest BCUT2D eigenvalue weighted by Gasteiger charge is -2.08. The maximum absolute atomic E-state index is 5.54. The highest BCUT2D eigenvalue weighted by molar-refractivity contribution is 9.11. The Hall–Kier alpha value is -0.0600. The first-order valence-electron chi connectivity index (χ1n) is 3.41. The van der Waals surface area contributed by atoms with Gasteiger partial charge < -0.3 is 10.5 Å². The van der Waals surface area contributed by atoms with Gasteiger partial charge >= 0.3 is 0 Å². The Kier molecular flexibility index (Phi) is 3.55. The van der Waals surface area contributed by atoms with Gasteiger partial charge in [-0.25, -0.2) is 0 Å². The van der Waals surface area contributed by atoms with Gasteiger partial charge in [0.2, 0.25) is 0 Å². The van der Waals surface area contributed by atoms with E-state index in [9.17, 15) is 0 Å². The lowest BCUT2D eigenvalue weighted by atomic mass is 10.2. The van der Waals surface area contributed by atoms with Gasteiger partial charge in [-0.1, -0.05) is 15.9 Å². The lowest BCUT2D eigenvalue weighted by molar-refractivity contribution is 0.407. The van der Waals surface area contributed by atoms with Crippen LogP contribution in [0.3, 0.4) is 0 Å². The predicted octanol–water partition coefficient (Wildman–Crippen LogP) is 2.68. The van der Waals surface area contributed by atoms with Crippen LogP contribution in [0, 0.1) is 0 Å². The van der Waals surface area contributed by atoms with Crippen molar-refractivity contribution in [1.29, 1.82) is 0 Å². The second kappa shape index (κ2) is 4.25. The fourth-order valence-electron chi connectivity index (χ4n) is 0.994. The highest BCUT2D eigenvalue weighted by Crippen LogP contribution is 2.32. The zero-order valence-electron chi connectivity index (χ0n) is 6.60. The van der Waals surface area contributed by atoms with Crippen LogP contribution in [0.15, 0.2) is 21.1 Å². The zero-order valence-corrected chi connectivity index (χ0v) is 9.78. The molecule has 0 spiro atoms. The number of nitrogens with two attached hydrogens (primary N) is 1. The number of hydrogen-bond acceptors (Lipinski definition) is 2. The summed E-state index contributed by atoms with van der Waals surface area (Å²) in [6.45, 7) is 0.473. The molecule has 0 radical (unpaired) electrons. The summed E-state index contributed by atoms with van der Waals surface area (Å²) in [6, 6.07) is 3.88. The van der Waals surface area contributed by atoms with Crippen molar-refractivity contribution in [2.24, 2.45) is 5.73 Å². The molecule has 0 fully saturated rings. The third kappa shape index (κ3) is 2.00. The van der Waals surface area contributed by atoms with Crippen LogP contribution in [0.2, 0.25) is 0 Å². The van der Waals surface area contributed by atoms with Crippen molar-refractivity contribution in [2.45, 2.75) is 6.54 Å². The average Bonchev–Trinajstić information content (AvgIpc) is 2.03. The molecule has 2 nitrogen and oxygen atoms in total. The van der Waals surface area contributed by atoms with Gasteiger partial charge in [-0.2, -0.15) is 0 Å². The summed E-state index contributed by atoms with van der Waals surface area (Å²) in [5, 5.41) is 0. The Balaban J connectivity index is 3.24. The molecule has 2 N–H and O–H groups in total. The molecule has 0 aromatic heterocycles. The van der Waals surface area contributed by atoms with Gasteiger partial charge in [0.15, 0.2) is 0 Å². The molecule has 66 valence electrons. The van der Waals surface area contributed by atoms with Crippen molar-refractivity contribution in [3.63, 3.8) is 0 Å². The summed E-state index contributed by atoms with van der Waals surface area (Å²) in [4.78, 5) is 0. The monoisotopic (exact) mass is 293 g/mol. The minimum Gasteiger partial charge on any atom is -0.495 e. The van der Waals surface area contributed by atoms with Crippen molar-refractivity contribution in [2.75, 3.05) is 7.11 Å². The fourth-order valence-corrected chi connectivity index (χ4v) is 2.47. The molecule has 0 aliphatic carbocycles. The molecule has 0 unspecified atom stereocenters. The fraction of sp³-hybridized carbons (Fsp3) is 0.250. The van der Waals surface area contributed by atoms with E-state index in [1.54, 1.807) is 7.11 Å². The molecule has 0 atom stereocenters. The molecule has 0 aliphatic rings. The molecule has 0 aliphatic heterocycles. The topological polar surface area (TPSA) is 35.2 Å². The SMILES string of the molecule is COc1c(Br)cc(Br)cc1CN. The van der Waals surface area contributed by atoms with Crippen LogP contribution in [0.4, 0.5) is 0 Å². The van der Waals surface area contributed by atoms with Crippen molar-refractivity contribution in [1.82, 2.24) is 0 Å². The third-order valence-corrected chi connectivity index (χ3v) is 2.56. The third-order valence-electron chi connectivity index (χ3n) is 1.51. The van der Waals surface area contributed by atoms with E-state index in [4.69, 9.17) is 10.5 Å². The van der Waals surface area contributed by atoms with E-state index in [0.29, 0.717) is 6.54 Å². The van der Waals surface area contributed by atoms with E-state index in [2.05, 4.69) is 31.9 Å².